The van der Waals surface area contributed by atoms with E-state index in [0.717, 1.165) is 24.2 Å². The van der Waals surface area contributed by atoms with Gasteiger partial charge in [0.2, 0.25) is 0 Å². The highest BCUT2D eigenvalue weighted by atomic mass is 16.5. The van der Waals surface area contributed by atoms with E-state index in [9.17, 15) is 0 Å². The lowest BCUT2D eigenvalue weighted by Crippen LogP contribution is -2.12. The predicted octanol–water partition coefficient (Wildman–Crippen LogP) is 4.46. The number of benzene rings is 2. The van der Waals surface area contributed by atoms with Crippen LogP contribution in [0, 0.1) is 0 Å². The molecule has 0 aliphatic heterocycles. The molecule has 0 aliphatic rings. The smallest absolute Gasteiger partial charge is 0.124 e. The monoisotopic (exact) mass is 269 g/mol. The minimum Gasteiger partial charge on any atom is -0.489 e. The van der Waals surface area contributed by atoms with E-state index in [1.807, 2.05) is 36.4 Å². The van der Waals surface area contributed by atoms with E-state index in [2.05, 4.69) is 25.1 Å². The second kappa shape index (κ2) is 7.71. The molecule has 0 saturated carbocycles. The Hall–Kier alpha value is -1.80. The summed E-state index contributed by atoms with van der Waals surface area (Å²) in [7, 11) is 0. The lowest BCUT2D eigenvalue weighted by atomic mass is 10.0. The summed E-state index contributed by atoms with van der Waals surface area (Å²) in [4.78, 5) is 0. The first-order chi connectivity index (χ1) is 9.81. The molecule has 2 aromatic rings. The molecular weight excluding hydrogens is 246 g/mol. The maximum atomic E-state index is 6.27. The Morgan fingerprint density at radius 3 is 2.45 bits per heavy atom. The number of hydrogen-bond acceptors (Lipinski definition) is 2. The van der Waals surface area contributed by atoms with Gasteiger partial charge in [0.25, 0.3) is 0 Å². The van der Waals surface area contributed by atoms with Crippen LogP contribution in [0.1, 0.15) is 43.4 Å². The zero-order valence-electron chi connectivity index (χ0n) is 12.1. The molecule has 0 aromatic heterocycles. The highest BCUT2D eigenvalue weighted by Gasteiger charge is 2.11. The summed E-state index contributed by atoms with van der Waals surface area (Å²) in [5.41, 5.74) is 8.55. The fourth-order valence-electron chi connectivity index (χ4n) is 2.23. The molecular formula is C18H23NO. The topological polar surface area (TPSA) is 35.2 Å². The highest BCUT2D eigenvalue weighted by molar-refractivity contribution is 5.36. The zero-order chi connectivity index (χ0) is 14.2. The second-order valence-electron chi connectivity index (χ2n) is 5.06. The van der Waals surface area contributed by atoms with Crippen LogP contribution in [0.25, 0.3) is 0 Å². The Balaban J connectivity index is 2.04. The van der Waals surface area contributed by atoms with E-state index >= 15 is 0 Å². The fraction of sp³-hybridized carbons (Fsp3) is 0.333. The standard InChI is InChI=1S/C18H23NO/c1-2-3-12-17(19)16-11-7-8-13-18(16)20-14-15-9-5-4-6-10-15/h4-11,13,17H,2-3,12,14,19H2,1H3/t17-/m0/s1. The molecule has 106 valence electrons. The van der Waals surface area contributed by atoms with Crippen molar-refractivity contribution in [3.63, 3.8) is 0 Å². The summed E-state index contributed by atoms with van der Waals surface area (Å²) in [6.45, 7) is 2.77. The van der Waals surface area contributed by atoms with E-state index < -0.39 is 0 Å². The molecule has 0 aliphatic carbocycles. The van der Waals surface area contributed by atoms with E-state index in [-0.39, 0.29) is 6.04 Å². The average Bonchev–Trinajstić information content (AvgIpc) is 2.52. The minimum absolute atomic E-state index is 0.0573. The summed E-state index contributed by atoms with van der Waals surface area (Å²) in [5.74, 6) is 0.903. The van der Waals surface area contributed by atoms with Crippen LogP contribution in [0.4, 0.5) is 0 Å². The Morgan fingerprint density at radius 1 is 1.00 bits per heavy atom. The van der Waals surface area contributed by atoms with Gasteiger partial charge in [-0.15, -0.1) is 0 Å². The Morgan fingerprint density at radius 2 is 1.70 bits per heavy atom. The summed E-state index contributed by atoms with van der Waals surface area (Å²) >= 11 is 0. The van der Waals surface area contributed by atoms with Crippen molar-refractivity contribution in [3.05, 3.63) is 65.7 Å². The third-order valence-corrected chi connectivity index (χ3v) is 3.42. The average molecular weight is 269 g/mol. The van der Waals surface area contributed by atoms with Crippen molar-refractivity contribution in [1.29, 1.82) is 0 Å². The van der Waals surface area contributed by atoms with Crippen LogP contribution in [0.3, 0.4) is 0 Å². The van der Waals surface area contributed by atoms with Crippen LogP contribution in [-0.2, 0) is 6.61 Å². The van der Waals surface area contributed by atoms with Gasteiger partial charge in [-0.1, -0.05) is 68.3 Å². The number of unbranched alkanes of at least 4 members (excludes halogenated alkanes) is 1. The molecule has 0 unspecified atom stereocenters. The molecule has 0 saturated heterocycles. The quantitative estimate of drug-likeness (QED) is 0.805. The molecule has 0 radical (unpaired) electrons. The largest absolute Gasteiger partial charge is 0.489 e. The first-order valence-electron chi connectivity index (χ1n) is 7.32. The van der Waals surface area contributed by atoms with Gasteiger partial charge in [-0.2, -0.15) is 0 Å². The molecule has 0 spiro atoms. The molecule has 2 aromatic carbocycles. The molecule has 0 bridgehead atoms. The number of hydrogen-bond donors (Lipinski definition) is 1. The van der Waals surface area contributed by atoms with Gasteiger partial charge in [0, 0.05) is 11.6 Å². The van der Waals surface area contributed by atoms with Crippen molar-refractivity contribution in [2.24, 2.45) is 5.73 Å². The molecule has 2 nitrogen and oxygen atoms in total. The van der Waals surface area contributed by atoms with Crippen LogP contribution in [-0.4, -0.2) is 0 Å². The van der Waals surface area contributed by atoms with Crippen molar-refractivity contribution in [2.75, 3.05) is 0 Å². The Kier molecular flexibility index (Phi) is 5.63. The maximum absolute atomic E-state index is 6.27. The zero-order valence-corrected chi connectivity index (χ0v) is 12.1. The summed E-state index contributed by atoms with van der Waals surface area (Å²) in [5, 5.41) is 0. The summed E-state index contributed by atoms with van der Waals surface area (Å²) in [6, 6.07) is 18.4. The van der Waals surface area contributed by atoms with Gasteiger partial charge in [-0.3, -0.25) is 0 Å². The van der Waals surface area contributed by atoms with Gasteiger partial charge >= 0.3 is 0 Å². The highest BCUT2D eigenvalue weighted by Crippen LogP contribution is 2.27. The van der Waals surface area contributed by atoms with Gasteiger partial charge in [0.1, 0.15) is 12.4 Å². The van der Waals surface area contributed by atoms with Crippen molar-refractivity contribution < 1.29 is 4.74 Å². The van der Waals surface area contributed by atoms with E-state index in [0.29, 0.717) is 6.61 Å². The van der Waals surface area contributed by atoms with Gasteiger partial charge < -0.3 is 10.5 Å². The Bertz CT molecular complexity index is 510. The fourth-order valence-corrected chi connectivity index (χ4v) is 2.23. The summed E-state index contributed by atoms with van der Waals surface area (Å²) in [6.07, 6.45) is 3.32. The first-order valence-corrected chi connectivity index (χ1v) is 7.32. The molecule has 0 heterocycles. The van der Waals surface area contributed by atoms with Gasteiger partial charge in [0.15, 0.2) is 0 Å². The lowest BCUT2D eigenvalue weighted by molar-refractivity contribution is 0.300. The van der Waals surface area contributed by atoms with Crippen molar-refractivity contribution in [3.8, 4) is 5.75 Å². The Labute approximate surface area is 121 Å². The van der Waals surface area contributed by atoms with Crippen LogP contribution < -0.4 is 10.5 Å². The molecule has 2 N–H and O–H groups in total. The SMILES string of the molecule is CCCC[C@H](N)c1ccccc1OCc1ccccc1. The number of ether oxygens (including phenoxy) is 1. The third-order valence-electron chi connectivity index (χ3n) is 3.42. The van der Waals surface area contributed by atoms with E-state index in [1.54, 1.807) is 0 Å². The van der Waals surface area contributed by atoms with Crippen molar-refractivity contribution >= 4 is 0 Å². The molecule has 0 fully saturated rings. The van der Waals surface area contributed by atoms with Gasteiger partial charge in [-0.25, -0.2) is 0 Å². The van der Waals surface area contributed by atoms with E-state index in [4.69, 9.17) is 10.5 Å². The molecule has 2 heteroatoms. The predicted molar refractivity (Wildman–Crippen MR) is 83.7 cm³/mol. The molecule has 2 rings (SSSR count). The molecule has 1 atom stereocenters. The molecule has 20 heavy (non-hydrogen) atoms. The lowest BCUT2D eigenvalue weighted by Gasteiger charge is -2.16. The minimum atomic E-state index is 0.0573. The second-order valence-corrected chi connectivity index (χ2v) is 5.06. The number of rotatable bonds is 7. The van der Waals surface area contributed by atoms with E-state index in [1.165, 1.54) is 12.0 Å². The first kappa shape index (κ1) is 14.6. The van der Waals surface area contributed by atoms with Gasteiger partial charge in [-0.05, 0) is 18.1 Å². The van der Waals surface area contributed by atoms with Crippen molar-refractivity contribution in [1.82, 2.24) is 0 Å². The van der Waals surface area contributed by atoms with Crippen LogP contribution >= 0.6 is 0 Å². The van der Waals surface area contributed by atoms with Crippen LogP contribution in [0.5, 0.6) is 5.75 Å². The van der Waals surface area contributed by atoms with Gasteiger partial charge in [0.05, 0.1) is 0 Å². The number of para-hydroxylation sites is 1. The van der Waals surface area contributed by atoms with Crippen LogP contribution in [0.15, 0.2) is 54.6 Å². The number of nitrogens with two attached hydrogens (primary N) is 1. The van der Waals surface area contributed by atoms with Crippen LogP contribution in [0.2, 0.25) is 0 Å². The molecule has 0 amide bonds. The normalized spacial score (nSPS) is 12.1. The maximum Gasteiger partial charge on any atom is 0.124 e. The van der Waals surface area contributed by atoms with Crippen molar-refractivity contribution in [2.45, 2.75) is 38.8 Å². The third kappa shape index (κ3) is 4.10. The summed E-state index contributed by atoms with van der Waals surface area (Å²) < 4.78 is 5.94.